The monoisotopic (exact) mass is 276 g/mol. The number of aryl methyl sites for hydroxylation is 1. The average Bonchev–Trinajstić information content (AvgIpc) is 2.42. The van der Waals surface area contributed by atoms with Crippen molar-refractivity contribution in [2.75, 3.05) is 0 Å². The maximum absolute atomic E-state index is 12.0. The van der Waals surface area contributed by atoms with Crippen LogP contribution in [0.25, 0.3) is 11.3 Å². The Morgan fingerprint density at radius 3 is 2.58 bits per heavy atom. The number of aromatic nitrogens is 2. The van der Waals surface area contributed by atoms with Crippen LogP contribution in [0.15, 0.2) is 41.2 Å². The number of hydrogen-bond acceptors (Lipinski definition) is 3. The van der Waals surface area contributed by atoms with Gasteiger partial charge in [0.2, 0.25) is 0 Å². The van der Waals surface area contributed by atoms with E-state index in [-0.39, 0.29) is 5.56 Å². The van der Waals surface area contributed by atoms with Crippen LogP contribution in [0.3, 0.4) is 0 Å². The van der Waals surface area contributed by atoms with Crippen LogP contribution in [0.2, 0.25) is 0 Å². The molecule has 1 aromatic heterocycles. The molecule has 0 unspecified atom stereocenters. The van der Waals surface area contributed by atoms with Crippen molar-refractivity contribution >= 4 is 16.8 Å². The Bertz CT molecular complexity index is 650. The number of halogens is 1. The number of benzene rings is 1. The summed E-state index contributed by atoms with van der Waals surface area (Å²) >= 11 is 5.46. The first-order valence-electron chi connectivity index (χ1n) is 6.01. The Morgan fingerprint density at radius 2 is 2.00 bits per heavy atom. The lowest BCUT2D eigenvalue weighted by molar-refractivity contribution is 0.107. The number of carbonyl (C=O) groups is 1. The zero-order valence-corrected chi connectivity index (χ0v) is 11.2. The molecule has 0 atom stereocenters. The molecule has 0 bridgehead atoms. The fourth-order valence-electron chi connectivity index (χ4n) is 1.80. The van der Waals surface area contributed by atoms with Crippen LogP contribution in [0, 0.1) is 0 Å². The summed E-state index contributed by atoms with van der Waals surface area (Å²) in [5.74, 6) is 0. The predicted molar refractivity (Wildman–Crippen MR) is 74.4 cm³/mol. The van der Waals surface area contributed by atoms with E-state index in [4.69, 9.17) is 11.6 Å². The normalized spacial score (nSPS) is 10.4. The van der Waals surface area contributed by atoms with E-state index in [0.29, 0.717) is 12.2 Å². The number of hydrogen-bond donors (Lipinski definition) is 0. The molecule has 0 spiro atoms. The van der Waals surface area contributed by atoms with Gasteiger partial charge in [0.15, 0.2) is 0 Å². The lowest BCUT2D eigenvalue weighted by Gasteiger charge is -2.08. The number of nitrogens with zero attached hydrogens (tertiary/aromatic N) is 2. The van der Waals surface area contributed by atoms with Crippen molar-refractivity contribution in [2.24, 2.45) is 0 Å². The van der Waals surface area contributed by atoms with Crippen LogP contribution >= 0.6 is 11.6 Å². The molecule has 2 rings (SSSR count). The first-order chi connectivity index (χ1) is 9.13. The summed E-state index contributed by atoms with van der Waals surface area (Å²) < 4.78 is 1.29. The van der Waals surface area contributed by atoms with Crippen molar-refractivity contribution in [2.45, 2.75) is 19.9 Å². The molecule has 1 heterocycles. The maximum Gasteiger partial charge on any atom is 0.278 e. The van der Waals surface area contributed by atoms with Gasteiger partial charge in [-0.05, 0) is 24.1 Å². The average molecular weight is 277 g/mol. The SMILES string of the molecule is CCCn1nc(-c2ccccc2)cc(C(=O)Cl)c1=O. The van der Waals surface area contributed by atoms with E-state index in [1.54, 1.807) is 0 Å². The molecule has 0 aliphatic heterocycles. The third-order valence-corrected chi connectivity index (χ3v) is 2.89. The highest BCUT2D eigenvalue weighted by Crippen LogP contribution is 2.16. The van der Waals surface area contributed by atoms with Gasteiger partial charge < -0.3 is 0 Å². The molecule has 0 radical (unpaired) electrons. The molecule has 98 valence electrons. The van der Waals surface area contributed by atoms with Crippen LogP contribution in [0.5, 0.6) is 0 Å². The van der Waals surface area contributed by atoms with Gasteiger partial charge in [-0.1, -0.05) is 37.3 Å². The molecule has 1 aromatic carbocycles. The highest BCUT2D eigenvalue weighted by molar-refractivity contribution is 6.67. The fourth-order valence-corrected chi connectivity index (χ4v) is 1.93. The fraction of sp³-hybridized carbons (Fsp3) is 0.214. The Morgan fingerprint density at radius 1 is 1.32 bits per heavy atom. The molecular formula is C14H13ClN2O2. The van der Waals surface area contributed by atoms with Crippen molar-refractivity contribution in [3.63, 3.8) is 0 Å². The lowest BCUT2D eigenvalue weighted by Crippen LogP contribution is -2.27. The van der Waals surface area contributed by atoms with Gasteiger partial charge in [-0.3, -0.25) is 9.59 Å². The van der Waals surface area contributed by atoms with Crippen molar-refractivity contribution in [3.8, 4) is 11.3 Å². The zero-order chi connectivity index (χ0) is 13.8. The van der Waals surface area contributed by atoms with Crippen LogP contribution < -0.4 is 5.56 Å². The Labute approximate surface area is 115 Å². The van der Waals surface area contributed by atoms with Gasteiger partial charge in [0.05, 0.1) is 5.69 Å². The highest BCUT2D eigenvalue weighted by atomic mass is 35.5. The maximum atomic E-state index is 12.0. The first kappa shape index (κ1) is 13.5. The van der Waals surface area contributed by atoms with E-state index in [2.05, 4.69) is 5.10 Å². The summed E-state index contributed by atoms with van der Waals surface area (Å²) in [6, 6.07) is 10.8. The molecule has 0 fully saturated rings. The van der Waals surface area contributed by atoms with Crippen molar-refractivity contribution < 1.29 is 4.79 Å². The number of carbonyl (C=O) groups excluding carboxylic acids is 1. The molecule has 2 aromatic rings. The molecule has 0 aliphatic rings. The summed E-state index contributed by atoms with van der Waals surface area (Å²) in [7, 11) is 0. The Balaban J connectivity index is 2.63. The lowest BCUT2D eigenvalue weighted by atomic mass is 10.1. The molecule has 4 nitrogen and oxygen atoms in total. The molecule has 5 heteroatoms. The van der Waals surface area contributed by atoms with Gasteiger partial charge >= 0.3 is 0 Å². The zero-order valence-electron chi connectivity index (χ0n) is 10.5. The topological polar surface area (TPSA) is 52.0 Å². The van der Waals surface area contributed by atoms with Crippen LogP contribution in [-0.4, -0.2) is 15.0 Å². The molecule has 19 heavy (non-hydrogen) atoms. The second-order valence-electron chi connectivity index (χ2n) is 4.11. The molecule has 0 amide bonds. The minimum Gasteiger partial charge on any atom is -0.275 e. The summed E-state index contributed by atoms with van der Waals surface area (Å²) in [6.07, 6.45) is 0.751. The first-order valence-corrected chi connectivity index (χ1v) is 6.38. The Kier molecular flexibility index (Phi) is 4.12. The van der Waals surface area contributed by atoms with Crippen LogP contribution in [-0.2, 0) is 6.54 Å². The van der Waals surface area contributed by atoms with Gasteiger partial charge in [-0.2, -0.15) is 5.10 Å². The van der Waals surface area contributed by atoms with Crippen LogP contribution in [0.1, 0.15) is 23.7 Å². The summed E-state index contributed by atoms with van der Waals surface area (Å²) in [6.45, 7) is 2.39. The Hall–Kier alpha value is -1.94. The van der Waals surface area contributed by atoms with E-state index in [1.165, 1.54) is 10.7 Å². The van der Waals surface area contributed by atoms with E-state index in [9.17, 15) is 9.59 Å². The third-order valence-electron chi connectivity index (χ3n) is 2.69. The van der Waals surface area contributed by atoms with Crippen molar-refractivity contribution in [1.82, 2.24) is 9.78 Å². The second-order valence-corrected chi connectivity index (χ2v) is 4.45. The van der Waals surface area contributed by atoms with E-state index in [1.807, 2.05) is 37.3 Å². The standard InChI is InChI=1S/C14H13ClN2O2/c1-2-8-17-14(19)11(13(15)18)9-12(16-17)10-6-4-3-5-7-10/h3-7,9H,2,8H2,1H3. The largest absolute Gasteiger partial charge is 0.278 e. The molecular weight excluding hydrogens is 264 g/mol. The summed E-state index contributed by atoms with van der Waals surface area (Å²) in [4.78, 5) is 23.3. The van der Waals surface area contributed by atoms with Crippen molar-refractivity contribution in [3.05, 3.63) is 52.3 Å². The van der Waals surface area contributed by atoms with Crippen LogP contribution in [0.4, 0.5) is 0 Å². The smallest absolute Gasteiger partial charge is 0.275 e. The predicted octanol–water partition coefficient (Wildman–Crippen LogP) is 2.70. The summed E-state index contributed by atoms with van der Waals surface area (Å²) in [5, 5.41) is 3.51. The second kappa shape index (κ2) is 5.80. The van der Waals surface area contributed by atoms with Gasteiger partial charge in [0.25, 0.3) is 10.8 Å². The molecule has 0 aliphatic carbocycles. The summed E-state index contributed by atoms with van der Waals surface area (Å²) in [5.41, 5.74) is 0.926. The minimum atomic E-state index is -0.755. The van der Waals surface area contributed by atoms with E-state index >= 15 is 0 Å². The van der Waals surface area contributed by atoms with Gasteiger partial charge in [0, 0.05) is 12.1 Å². The van der Waals surface area contributed by atoms with Gasteiger partial charge in [-0.15, -0.1) is 0 Å². The highest BCUT2D eigenvalue weighted by Gasteiger charge is 2.14. The quantitative estimate of drug-likeness (QED) is 0.807. The van der Waals surface area contributed by atoms with E-state index in [0.717, 1.165) is 12.0 Å². The van der Waals surface area contributed by atoms with Gasteiger partial charge in [-0.25, -0.2) is 4.68 Å². The minimum absolute atomic E-state index is 0.0380. The third kappa shape index (κ3) is 2.90. The molecule has 0 saturated carbocycles. The van der Waals surface area contributed by atoms with Crippen molar-refractivity contribution in [1.29, 1.82) is 0 Å². The van der Waals surface area contributed by atoms with E-state index < -0.39 is 10.8 Å². The molecule has 0 N–H and O–H groups in total. The van der Waals surface area contributed by atoms with Gasteiger partial charge in [0.1, 0.15) is 5.56 Å². The number of rotatable bonds is 4. The molecule has 0 saturated heterocycles.